The van der Waals surface area contributed by atoms with E-state index >= 15 is 0 Å². The number of amides is 3. The monoisotopic (exact) mass is 373 g/mol. The van der Waals surface area contributed by atoms with Crippen LogP contribution in [-0.4, -0.2) is 27.9 Å². The number of hydrogen-bond acceptors (Lipinski definition) is 4. The highest BCUT2D eigenvalue weighted by Crippen LogP contribution is 2.19. The number of nitrogens with zero attached hydrogens (tertiary/aromatic N) is 2. The number of benzene rings is 2. The first-order valence-electron chi connectivity index (χ1n) is 9.04. The van der Waals surface area contributed by atoms with Gasteiger partial charge >= 0.3 is 6.03 Å². The summed E-state index contributed by atoms with van der Waals surface area (Å²) in [6.07, 6.45) is 6.73. The standard InChI is InChI=1S/C21H19N5O2/c27-20(12-11-17-13-22-18-3-1-2-4-19(18)23-17)24-14-5-7-15(8-6-14)25-21(28)26-16-9-10-16/h1-8,11-13,16H,9-10H2,(H,24,27)(H2,25,26,28)/b12-11+. The molecule has 0 spiro atoms. The van der Waals surface area contributed by atoms with Crippen molar-refractivity contribution in [2.24, 2.45) is 0 Å². The molecule has 1 aliphatic carbocycles. The van der Waals surface area contributed by atoms with Crippen molar-refractivity contribution in [1.82, 2.24) is 15.3 Å². The molecule has 3 amide bonds. The maximum absolute atomic E-state index is 12.1. The van der Waals surface area contributed by atoms with Crippen molar-refractivity contribution < 1.29 is 9.59 Å². The molecule has 28 heavy (non-hydrogen) atoms. The van der Waals surface area contributed by atoms with Crippen molar-refractivity contribution in [2.75, 3.05) is 10.6 Å². The summed E-state index contributed by atoms with van der Waals surface area (Å²) in [5.74, 6) is -0.276. The number of rotatable bonds is 5. The third-order valence-electron chi connectivity index (χ3n) is 4.20. The van der Waals surface area contributed by atoms with Gasteiger partial charge in [-0.05, 0) is 55.3 Å². The molecule has 0 aliphatic heterocycles. The van der Waals surface area contributed by atoms with Crippen LogP contribution in [0.1, 0.15) is 18.5 Å². The molecule has 1 aliphatic rings. The van der Waals surface area contributed by atoms with E-state index in [1.54, 1.807) is 36.5 Å². The lowest BCUT2D eigenvalue weighted by Crippen LogP contribution is -2.30. The van der Waals surface area contributed by atoms with Gasteiger partial charge in [-0.15, -0.1) is 0 Å². The number of fused-ring (bicyclic) bond motifs is 1. The van der Waals surface area contributed by atoms with E-state index in [-0.39, 0.29) is 11.9 Å². The van der Waals surface area contributed by atoms with Crippen LogP contribution in [0.2, 0.25) is 0 Å². The zero-order chi connectivity index (χ0) is 19.3. The summed E-state index contributed by atoms with van der Waals surface area (Å²) < 4.78 is 0. The summed E-state index contributed by atoms with van der Waals surface area (Å²) in [7, 11) is 0. The van der Waals surface area contributed by atoms with E-state index < -0.39 is 0 Å². The lowest BCUT2D eigenvalue weighted by Gasteiger charge is -2.07. The van der Waals surface area contributed by atoms with Crippen LogP contribution in [0, 0.1) is 0 Å². The van der Waals surface area contributed by atoms with Crippen LogP contribution in [-0.2, 0) is 4.79 Å². The van der Waals surface area contributed by atoms with E-state index in [2.05, 4.69) is 25.9 Å². The van der Waals surface area contributed by atoms with Gasteiger partial charge in [0.15, 0.2) is 0 Å². The van der Waals surface area contributed by atoms with Crippen LogP contribution in [0.25, 0.3) is 17.1 Å². The molecule has 4 rings (SSSR count). The third kappa shape index (κ3) is 4.70. The topological polar surface area (TPSA) is 96.0 Å². The predicted octanol–water partition coefficient (Wildman–Crippen LogP) is 3.57. The van der Waals surface area contributed by atoms with E-state index in [1.165, 1.54) is 6.08 Å². The highest BCUT2D eigenvalue weighted by molar-refractivity contribution is 6.02. The summed E-state index contributed by atoms with van der Waals surface area (Å²) in [6, 6.07) is 14.6. The second-order valence-corrected chi connectivity index (χ2v) is 6.56. The quantitative estimate of drug-likeness (QED) is 0.596. The molecular formula is C21H19N5O2. The normalized spacial score (nSPS) is 13.4. The van der Waals surface area contributed by atoms with Gasteiger partial charge in [-0.3, -0.25) is 9.78 Å². The Hall–Kier alpha value is -3.74. The largest absolute Gasteiger partial charge is 0.335 e. The Morgan fingerprint density at radius 3 is 2.32 bits per heavy atom. The second kappa shape index (κ2) is 7.87. The zero-order valence-corrected chi connectivity index (χ0v) is 15.1. The number of carbonyl (C=O) groups is 2. The predicted molar refractivity (Wildman–Crippen MR) is 109 cm³/mol. The van der Waals surface area contributed by atoms with Crippen LogP contribution in [0.3, 0.4) is 0 Å². The summed E-state index contributed by atoms with van der Waals surface area (Å²) in [5, 5.41) is 8.39. The van der Waals surface area contributed by atoms with Crippen LogP contribution in [0.15, 0.2) is 60.8 Å². The molecular weight excluding hydrogens is 354 g/mol. The van der Waals surface area contributed by atoms with E-state index in [9.17, 15) is 9.59 Å². The van der Waals surface area contributed by atoms with Gasteiger partial charge in [0, 0.05) is 23.5 Å². The number of hydrogen-bond donors (Lipinski definition) is 3. The lowest BCUT2D eigenvalue weighted by atomic mass is 10.2. The first kappa shape index (κ1) is 17.7. The maximum atomic E-state index is 12.1. The van der Waals surface area contributed by atoms with Crippen molar-refractivity contribution in [2.45, 2.75) is 18.9 Å². The second-order valence-electron chi connectivity index (χ2n) is 6.56. The Bertz CT molecular complexity index is 1040. The minimum absolute atomic E-state index is 0.210. The molecule has 3 N–H and O–H groups in total. The summed E-state index contributed by atoms with van der Waals surface area (Å²) >= 11 is 0. The number of anilines is 2. The van der Waals surface area contributed by atoms with E-state index in [0.29, 0.717) is 23.1 Å². The maximum Gasteiger partial charge on any atom is 0.319 e. The van der Waals surface area contributed by atoms with E-state index in [4.69, 9.17) is 0 Å². The average molecular weight is 373 g/mol. The molecule has 7 nitrogen and oxygen atoms in total. The highest BCUT2D eigenvalue weighted by Gasteiger charge is 2.23. The van der Waals surface area contributed by atoms with Crippen LogP contribution >= 0.6 is 0 Å². The number of nitrogens with one attached hydrogen (secondary N) is 3. The van der Waals surface area contributed by atoms with Gasteiger partial charge in [-0.2, -0.15) is 0 Å². The Morgan fingerprint density at radius 2 is 1.61 bits per heavy atom. The molecule has 1 fully saturated rings. The number of para-hydroxylation sites is 2. The fourth-order valence-corrected chi connectivity index (χ4v) is 2.61. The van der Waals surface area contributed by atoms with E-state index in [0.717, 1.165) is 23.9 Å². The summed E-state index contributed by atoms with van der Waals surface area (Å²) in [4.78, 5) is 32.6. The minimum Gasteiger partial charge on any atom is -0.335 e. The molecule has 140 valence electrons. The molecule has 1 aromatic heterocycles. The number of carbonyl (C=O) groups excluding carboxylic acids is 2. The van der Waals surface area contributed by atoms with Gasteiger partial charge in [0.2, 0.25) is 5.91 Å². The molecule has 0 radical (unpaired) electrons. The van der Waals surface area contributed by atoms with Gasteiger partial charge in [0.05, 0.1) is 22.9 Å². The molecule has 2 aromatic carbocycles. The van der Waals surface area contributed by atoms with E-state index in [1.807, 2.05) is 24.3 Å². The smallest absolute Gasteiger partial charge is 0.319 e. The van der Waals surface area contributed by atoms with Crippen molar-refractivity contribution >= 4 is 40.4 Å². The molecule has 0 saturated heterocycles. The van der Waals surface area contributed by atoms with Crippen molar-refractivity contribution in [1.29, 1.82) is 0 Å². The summed E-state index contributed by atoms with van der Waals surface area (Å²) in [6.45, 7) is 0. The lowest BCUT2D eigenvalue weighted by molar-refractivity contribution is -0.111. The summed E-state index contributed by atoms with van der Waals surface area (Å²) in [5.41, 5.74) is 3.49. The fourth-order valence-electron chi connectivity index (χ4n) is 2.61. The van der Waals surface area contributed by atoms with Gasteiger partial charge in [-0.25, -0.2) is 9.78 Å². The first-order chi connectivity index (χ1) is 13.7. The molecule has 7 heteroatoms. The van der Waals surface area contributed by atoms with Crippen LogP contribution < -0.4 is 16.0 Å². The zero-order valence-electron chi connectivity index (χ0n) is 15.1. The van der Waals surface area contributed by atoms with Crippen molar-refractivity contribution in [3.05, 3.63) is 66.5 Å². The van der Waals surface area contributed by atoms with Crippen LogP contribution in [0.4, 0.5) is 16.2 Å². The molecule has 0 unspecified atom stereocenters. The Balaban J connectivity index is 1.33. The molecule has 0 atom stereocenters. The Labute approximate surface area is 161 Å². The molecule has 1 heterocycles. The van der Waals surface area contributed by atoms with Crippen molar-refractivity contribution in [3.63, 3.8) is 0 Å². The SMILES string of the molecule is O=C(/C=C/c1cnc2ccccc2n1)Nc1ccc(NC(=O)NC2CC2)cc1. The fraction of sp³-hybridized carbons (Fsp3) is 0.143. The Kier molecular flexibility index (Phi) is 4.97. The average Bonchev–Trinajstić information content (AvgIpc) is 3.51. The van der Waals surface area contributed by atoms with Crippen LogP contribution in [0.5, 0.6) is 0 Å². The minimum atomic E-state index is -0.276. The van der Waals surface area contributed by atoms with Gasteiger partial charge in [0.25, 0.3) is 0 Å². The Morgan fingerprint density at radius 1 is 0.929 bits per heavy atom. The van der Waals surface area contributed by atoms with Gasteiger partial charge < -0.3 is 16.0 Å². The number of urea groups is 1. The molecule has 3 aromatic rings. The van der Waals surface area contributed by atoms with Gasteiger partial charge in [0.1, 0.15) is 0 Å². The van der Waals surface area contributed by atoms with Gasteiger partial charge in [-0.1, -0.05) is 12.1 Å². The number of aromatic nitrogens is 2. The third-order valence-corrected chi connectivity index (χ3v) is 4.20. The first-order valence-corrected chi connectivity index (χ1v) is 9.04. The highest BCUT2D eigenvalue weighted by atomic mass is 16.2. The molecule has 1 saturated carbocycles. The molecule has 0 bridgehead atoms. The van der Waals surface area contributed by atoms with Crippen molar-refractivity contribution in [3.8, 4) is 0 Å².